The summed E-state index contributed by atoms with van der Waals surface area (Å²) in [6.07, 6.45) is 1.81. The van der Waals surface area contributed by atoms with Crippen LogP contribution in [0.3, 0.4) is 0 Å². The molecular weight excluding hydrogens is 430 g/mol. The van der Waals surface area contributed by atoms with Gasteiger partial charge in [0, 0.05) is 24.1 Å². The average molecular weight is 458 g/mol. The van der Waals surface area contributed by atoms with Crippen LogP contribution in [0.1, 0.15) is 21.5 Å². The number of anilines is 2. The Balaban J connectivity index is 1.75. The Kier molecular flexibility index (Phi) is 6.19. The predicted octanol–water partition coefficient (Wildman–Crippen LogP) is 5.10. The molecule has 0 aliphatic heterocycles. The molecule has 4 aromatic rings. The molecule has 7 nitrogen and oxygen atoms in total. The number of nitrogens with two attached hydrogens (primary N) is 1. The molecule has 3 aromatic carbocycles. The third-order valence-corrected chi connectivity index (χ3v) is 5.80. The second-order valence-corrected chi connectivity index (χ2v) is 7.82. The number of para-hydroxylation sites is 2. The number of ether oxygens (including phenoxy) is 3. The number of benzene rings is 3. The van der Waals surface area contributed by atoms with E-state index in [-0.39, 0.29) is 5.91 Å². The van der Waals surface area contributed by atoms with Crippen molar-refractivity contribution in [1.29, 1.82) is 0 Å². The zero-order chi connectivity index (χ0) is 24.4. The minimum atomic E-state index is -0.237. The summed E-state index contributed by atoms with van der Waals surface area (Å²) in [5.74, 6) is 1.36. The van der Waals surface area contributed by atoms with E-state index in [4.69, 9.17) is 19.9 Å². The number of fused-ring (bicyclic) bond motifs is 1. The van der Waals surface area contributed by atoms with Gasteiger partial charge in [-0.2, -0.15) is 0 Å². The van der Waals surface area contributed by atoms with Crippen molar-refractivity contribution >= 4 is 33.8 Å². The third-order valence-electron chi connectivity index (χ3n) is 5.80. The molecule has 0 unspecified atom stereocenters. The fourth-order valence-corrected chi connectivity index (χ4v) is 3.98. The normalized spacial score (nSPS) is 10.7. The molecular formula is C27H27N3O4. The average Bonchev–Trinajstić information content (AvgIpc) is 3.19. The van der Waals surface area contributed by atoms with Crippen LogP contribution in [0.4, 0.5) is 11.4 Å². The molecule has 0 spiro atoms. The lowest BCUT2D eigenvalue weighted by Crippen LogP contribution is -2.12. The van der Waals surface area contributed by atoms with E-state index < -0.39 is 0 Å². The van der Waals surface area contributed by atoms with Gasteiger partial charge in [0.2, 0.25) is 5.75 Å². The van der Waals surface area contributed by atoms with Crippen molar-refractivity contribution < 1.29 is 19.0 Å². The van der Waals surface area contributed by atoms with Crippen LogP contribution in [-0.2, 0) is 7.05 Å². The smallest absolute Gasteiger partial charge is 0.257 e. The number of aromatic nitrogens is 1. The van der Waals surface area contributed by atoms with E-state index in [0.717, 1.165) is 27.6 Å². The molecule has 7 heteroatoms. The zero-order valence-corrected chi connectivity index (χ0v) is 19.6. The predicted molar refractivity (Wildman–Crippen MR) is 136 cm³/mol. The van der Waals surface area contributed by atoms with Crippen molar-refractivity contribution in [2.24, 2.45) is 7.05 Å². The maximum atomic E-state index is 13.1. The first-order valence-electron chi connectivity index (χ1n) is 10.6. The van der Waals surface area contributed by atoms with E-state index in [0.29, 0.717) is 34.2 Å². The molecule has 1 heterocycles. The lowest BCUT2D eigenvalue weighted by atomic mass is 9.97. The molecule has 4 rings (SSSR count). The molecule has 0 saturated carbocycles. The summed E-state index contributed by atoms with van der Waals surface area (Å²) < 4.78 is 18.3. The van der Waals surface area contributed by atoms with Crippen molar-refractivity contribution in [2.75, 3.05) is 32.4 Å². The number of aryl methyl sites for hydroxylation is 1. The van der Waals surface area contributed by atoms with Gasteiger partial charge in [0.25, 0.3) is 5.91 Å². The fraction of sp³-hybridized carbons (Fsp3) is 0.148. The van der Waals surface area contributed by atoms with E-state index in [1.807, 2.05) is 60.3 Å². The highest BCUT2D eigenvalue weighted by Gasteiger charge is 2.18. The number of nitrogens with zero attached hydrogens (tertiary/aromatic N) is 1. The van der Waals surface area contributed by atoms with Gasteiger partial charge in [-0.3, -0.25) is 4.79 Å². The van der Waals surface area contributed by atoms with Crippen LogP contribution in [0.2, 0.25) is 0 Å². The molecule has 3 N–H and O–H groups in total. The van der Waals surface area contributed by atoms with Crippen LogP contribution in [0.25, 0.3) is 16.5 Å². The maximum absolute atomic E-state index is 13.1. The quantitative estimate of drug-likeness (QED) is 0.377. The number of methoxy groups -OCH3 is 3. The highest BCUT2D eigenvalue weighted by atomic mass is 16.5. The molecule has 34 heavy (non-hydrogen) atoms. The second kappa shape index (κ2) is 9.23. The zero-order valence-electron chi connectivity index (χ0n) is 19.6. The van der Waals surface area contributed by atoms with E-state index >= 15 is 0 Å². The topological polar surface area (TPSA) is 87.7 Å². The lowest BCUT2D eigenvalue weighted by molar-refractivity contribution is 0.102. The first kappa shape index (κ1) is 22.8. The molecule has 0 radical (unpaired) electrons. The van der Waals surface area contributed by atoms with Crippen LogP contribution in [-0.4, -0.2) is 31.8 Å². The summed E-state index contributed by atoms with van der Waals surface area (Å²) in [5, 5.41) is 3.71. The summed E-state index contributed by atoms with van der Waals surface area (Å²) in [4.78, 5) is 13.1. The van der Waals surface area contributed by atoms with E-state index in [2.05, 4.69) is 11.9 Å². The summed E-state index contributed by atoms with van der Waals surface area (Å²) in [5.41, 5.74) is 11.0. The number of carbonyl (C=O) groups is 1. The van der Waals surface area contributed by atoms with Gasteiger partial charge in [0.15, 0.2) is 11.5 Å². The number of carbonyl (C=O) groups excluding carboxylic acids is 1. The van der Waals surface area contributed by atoms with Gasteiger partial charge < -0.3 is 29.8 Å². The third kappa shape index (κ3) is 4.03. The SMILES string of the molecule is C=C(c1cc(OC)c(OC)c(OC)c1)c1ccc2c(c1)c(C(=O)Nc1ccccc1N)cn2C. The summed E-state index contributed by atoms with van der Waals surface area (Å²) in [6.45, 7) is 4.29. The van der Waals surface area contributed by atoms with Gasteiger partial charge >= 0.3 is 0 Å². The van der Waals surface area contributed by atoms with E-state index in [1.165, 1.54) is 0 Å². The first-order chi connectivity index (χ1) is 16.4. The highest BCUT2D eigenvalue weighted by Crippen LogP contribution is 2.41. The Labute approximate surface area is 198 Å². The number of rotatable bonds is 7. The summed E-state index contributed by atoms with van der Waals surface area (Å²) in [6, 6.07) is 16.8. The van der Waals surface area contributed by atoms with Crippen molar-refractivity contribution in [2.45, 2.75) is 0 Å². The number of nitrogen functional groups attached to an aromatic ring is 1. The van der Waals surface area contributed by atoms with Crippen molar-refractivity contribution in [3.63, 3.8) is 0 Å². The Morgan fingerprint density at radius 3 is 2.24 bits per heavy atom. The van der Waals surface area contributed by atoms with Crippen LogP contribution in [0.15, 0.2) is 67.4 Å². The van der Waals surface area contributed by atoms with Crippen molar-refractivity contribution in [3.05, 3.63) is 84.1 Å². The maximum Gasteiger partial charge on any atom is 0.257 e. The molecule has 174 valence electrons. The molecule has 1 amide bonds. The van der Waals surface area contributed by atoms with Crippen LogP contribution < -0.4 is 25.3 Å². The molecule has 0 atom stereocenters. The van der Waals surface area contributed by atoms with Gasteiger partial charge in [-0.05, 0) is 53.1 Å². The number of hydrogen-bond acceptors (Lipinski definition) is 5. The monoisotopic (exact) mass is 457 g/mol. The second-order valence-electron chi connectivity index (χ2n) is 7.82. The van der Waals surface area contributed by atoms with Gasteiger partial charge in [0.1, 0.15) is 0 Å². The van der Waals surface area contributed by atoms with Crippen molar-refractivity contribution in [1.82, 2.24) is 4.57 Å². The largest absolute Gasteiger partial charge is 0.493 e. The fourth-order valence-electron chi connectivity index (χ4n) is 3.98. The summed E-state index contributed by atoms with van der Waals surface area (Å²) in [7, 11) is 6.62. The highest BCUT2D eigenvalue weighted by molar-refractivity contribution is 6.14. The Bertz CT molecular complexity index is 1380. The molecule has 0 aliphatic carbocycles. The van der Waals surface area contributed by atoms with E-state index in [1.54, 1.807) is 33.5 Å². The number of amides is 1. The molecule has 0 bridgehead atoms. The summed E-state index contributed by atoms with van der Waals surface area (Å²) >= 11 is 0. The Morgan fingerprint density at radius 1 is 0.941 bits per heavy atom. The van der Waals surface area contributed by atoms with Gasteiger partial charge in [-0.25, -0.2) is 0 Å². The van der Waals surface area contributed by atoms with Crippen LogP contribution in [0, 0.1) is 0 Å². The minimum Gasteiger partial charge on any atom is -0.493 e. The molecule has 1 aromatic heterocycles. The number of hydrogen-bond donors (Lipinski definition) is 2. The number of nitrogens with one attached hydrogen (secondary N) is 1. The standard InChI is InChI=1S/C27H27N3O4/c1-16(18-13-24(32-3)26(34-5)25(14-18)33-4)17-10-11-23-19(12-17)20(15-30(23)2)27(31)29-22-9-7-6-8-21(22)28/h6-15H,1,28H2,2-5H3,(H,29,31). The molecule has 0 saturated heterocycles. The van der Waals surface area contributed by atoms with Gasteiger partial charge in [-0.15, -0.1) is 0 Å². The Hall–Kier alpha value is -4.39. The van der Waals surface area contributed by atoms with Crippen LogP contribution >= 0.6 is 0 Å². The van der Waals surface area contributed by atoms with Gasteiger partial charge in [-0.1, -0.05) is 24.8 Å². The van der Waals surface area contributed by atoms with E-state index in [9.17, 15) is 4.79 Å². The molecule has 0 fully saturated rings. The lowest BCUT2D eigenvalue weighted by Gasteiger charge is -2.15. The minimum absolute atomic E-state index is 0.237. The molecule has 0 aliphatic rings. The van der Waals surface area contributed by atoms with Gasteiger partial charge in [0.05, 0.1) is 38.3 Å². The first-order valence-corrected chi connectivity index (χ1v) is 10.6. The van der Waals surface area contributed by atoms with Crippen molar-refractivity contribution in [3.8, 4) is 17.2 Å². The van der Waals surface area contributed by atoms with Crippen LogP contribution in [0.5, 0.6) is 17.2 Å². The Morgan fingerprint density at radius 2 is 1.62 bits per heavy atom.